The Morgan fingerprint density at radius 1 is 1.57 bits per heavy atom. The van der Waals surface area contributed by atoms with Crippen LogP contribution in [0.1, 0.15) is 10.4 Å². The van der Waals surface area contributed by atoms with Crippen molar-refractivity contribution in [3.8, 4) is 5.75 Å². The van der Waals surface area contributed by atoms with Gasteiger partial charge in [0.2, 0.25) is 0 Å². The zero-order valence-corrected chi connectivity index (χ0v) is 7.37. The molecule has 0 saturated heterocycles. The van der Waals surface area contributed by atoms with Gasteiger partial charge in [0, 0.05) is 0 Å². The molecule has 0 bridgehead atoms. The highest BCUT2D eigenvalue weighted by atomic mass is 19.1. The second kappa shape index (κ2) is 4.45. The van der Waals surface area contributed by atoms with E-state index < -0.39 is 12.6 Å². The van der Waals surface area contributed by atoms with Crippen molar-refractivity contribution >= 4 is 11.7 Å². The molecule has 0 fully saturated rings. The van der Waals surface area contributed by atoms with Gasteiger partial charge in [-0.2, -0.15) is 0 Å². The number of carboxylic acids is 1. The van der Waals surface area contributed by atoms with Crippen molar-refractivity contribution < 1.29 is 19.0 Å². The first-order valence-electron chi connectivity index (χ1n) is 3.96. The van der Waals surface area contributed by atoms with Gasteiger partial charge < -0.3 is 15.6 Å². The van der Waals surface area contributed by atoms with Crippen LogP contribution in [-0.4, -0.2) is 24.4 Å². The Morgan fingerprint density at radius 2 is 2.29 bits per heavy atom. The number of benzene rings is 1. The van der Waals surface area contributed by atoms with Crippen LogP contribution in [0.3, 0.4) is 0 Å². The van der Waals surface area contributed by atoms with Gasteiger partial charge in [0.1, 0.15) is 19.0 Å². The molecule has 1 rings (SSSR count). The van der Waals surface area contributed by atoms with Gasteiger partial charge in [-0.3, -0.25) is 0 Å². The van der Waals surface area contributed by atoms with E-state index in [-0.39, 0.29) is 17.9 Å². The molecule has 5 heteroatoms. The number of hydrogen-bond donors (Lipinski definition) is 2. The summed E-state index contributed by atoms with van der Waals surface area (Å²) in [6.07, 6.45) is 0. The summed E-state index contributed by atoms with van der Waals surface area (Å²) in [7, 11) is 0. The molecule has 0 aliphatic rings. The molecule has 1 aromatic carbocycles. The van der Waals surface area contributed by atoms with E-state index in [1.807, 2.05) is 0 Å². The molecule has 0 aliphatic carbocycles. The molecule has 0 amide bonds. The molecule has 3 N–H and O–H groups in total. The van der Waals surface area contributed by atoms with Crippen molar-refractivity contribution in [1.82, 2.24) is 0 Å². The van der Waals surface area contributed by atoms with Gasteiger partial charge in [-0.15, -0.1) is 0 Å². The van der Waals surface area contributed by atoms with Crippen LogP contribution in [0.2, 0.25) is 0 Å². The molecule has 0 unspecified atom stereocenters. The Labute approximate surface area is 80.1 Å². The third kappa shape index (κ3) is 2.35. The lowest BCUT2D eigenvalue weighted by atomic mass is 10.2. The summed E-state index contributed by atoms with van der Waals surface area (Å²) in [5.74, 6) is -0.877. The molecule has 4 nitrogen and oxygen atoms in total. The quantitative estimate of drug-likeness (QED) is 0.717. The molecule has 1 aromatic rings. The highest BCUT2D eigenvalue weighted by Gasteiger charge is 2.07. The lowest BCUT2D eigenvalue weighted by molar-refractivity contribution is 0.0696. The van der Waals surface area contributed by atoms with Gasteiger partial charge in [0.05, 0.1) is 11.3 Å². The van der Waals surface area contributed by atoms with Gasteiger partial charge in [0.25, 0.3) is 0 Å². The van der Waals surface area contributed by atoms with Crippen LogP contribution in [0.15, 0.2) is 18.2 Å². The highest BCUT2D eigenvalue weighted by Crippen LogP contribution is 2.22. The summed E-state index contributed by atoms with van der Waals surface area (Å²) >= 11 is 0. The van der Waals surface area contributed by atoms with E-state index >= 15 is 0 Å². The van der Waals surface area contributed by atoms with Crippen molar-refractivity contribution in [2.75, 3.05) is 19.0 Å². The lowest BCUT2D eigenvalue weighted by Crippen LogP contribution is -2.04. The topological polar surface area (TPSA) is 72.6 Å². The number of carbonyl (C=O) groups is 1. The van der Waals surface area contributed by atoms with Crippen LogP contribution < -0.4 is 10.5 Å². The number of nitrogens with two attached hydrogens (primary N) is 1. The number of anilines is 1. The van der Waals surface area contributed by atoms with E-state index in [4.69, 9.17) is 15.6 Å². The normalized spacial score (nSPS) is 9.79. The minimum absolute atomic E-state index is 0.0630. The maximum atomic E-state index is 11.8. The molecule has 0 heterocycles. The van der Waals surface area contributed by atoms with Crippen molar-refractivity contribution in [2.45, 2.75) is 0 Å². The third-order valence-electron chi connectivity index (χ3n) is 1.60. The number of halogens is 1. The fraction of sp³-hybridized carbons (Fsp3) is 0.222. The van der Waals surface area contributed by atoms with Crippen molar-refractivity contribution in [3.63, 3.8) is 0 Å². The molecule has 0 radical (unpaired) electrons. The summed E-state index contributed by atoms with van der Waals surface area (Å²) < 4.78 is 16.7. The van der Waals surface area contributed by atoms with Crippen LogP contribution in [0, 0.1) is 0 Å². The molecule has 0 atom stereocenters. The van der Waals surface area contributed by atoms with Gasteiger partial charge in [-0.25, -0.2) is 9.18 Å². The van der Waals surface area contributed by atoms with Gasteiger partial charge in [0.15, 0.2) is 0 Å². The largest absolute Gasteiger partial charge is 0.489 e. The van der Waals surface area contributed by atoms with Crippen LogP contribution in [0.4, 0.5) is 10.1 Å². The molecule has 0 aliphatic heterocycles. The first-order valence-corrected chi connectivity index (χ1v) is 3.96. The van der Waals surface area contributed by atoms with Crippen molar-refractivity contribution in [2.24, 2.45) is 0 Å². The monoisotopic (exact) mass is 199 g/mol. The molecule has 14 heavy (non-hydrogen) atoms. The van der Waals surface area contributed by atoms with Gasteiger partial charge in [-0.1, -0.05) is 0 Å². The van der Waals surface area contributed by atoms with E-state index in [1.54, 1.807) is 0 Å². The van der Waals surface area contributed by atoms with E-state index in [1.165, 1.54) is 18.2 Å². The molecule has 0 aromatic heterocycles. The average Bonchev–Trinajstić information content (AvgIpc) is 2.16. The highest BCUT2D eigenvalue weighted by molar-refractivity contribution is 5.89. The zero-order valence-electron chi connectivity index (χ0n) is 7.37. The summed E-state index contributed by atoms with van der Waals surface area (Å²) in [5.41, 5.74) is 5.85. The number of alkyl halides is 1. The zero-order chi connectivity index (χ0) is 10.6. The minimum atomic E-state index is -1.07. The number of hydrogen-bond acceptors (Lipinski definition) is 3. The second-order valence-electron chi connectivity index (χ2n) is 2.60. The van der Waals surface area contributed by atoms with Crippen molar-refractivity contribution in [1.29, 1.82) is 0 Å². The lowest BCUT2D eigenvalue weighted by Gasteiger charge is -2.07. The maximum absolute atomic E-state index is 11.8. The van der Waals surface area contributed by atoms with E-state index in [9.17, 15) is 9.18 Å². The minimum Gasteiger partial charge on any atom is -0.489 e. The Kier molecular flexibility index (Phi) is 3.28. The number of carboxylic acid groups (broad SMARTS) is 1. The number of ether oxygens (including phenoxy) is 1. The summed E-state index contributed by atoms with van der Waals surface area (Å²) in [4.78, 5) is 10.6. The molecular weight excluding hydrogens is 189 g/mol. The smallest absolute Gasteiger partial charge is 0.335 e. The Balaban J connectivity index is 2.90. The Bertz CT molecular complexity index is 341. The molecule has 76 valence electrons. The van der Waals surface area contributed by atoms with E-state index in [2.05, 4.69) is 0 Å². The fourth-order valence-electron chi connectivity index (χ4n) is 0.941. The Morgan fingerprint density at radius 3 is 2.86 bits per heavy atom. The third-order valence-corrected chi connectivity index (χ3v) is 1.60. The maximum Gasteiger partial charge on any atom is 0.335 e. The first kappa shape index (κ1) is 10.3. The van der Waals surface area contributed by atoms with Gasteiger partial charge >= 0.3 is 5.97 Å². The van der Waals surface area contributed by atoms with Crippen LogP contribution in [0.5, 0.6) is 5.75 Å². The summed E-state index contributed by atoms with van der Waals surface area (Å²) in [6.45, 7) is -0.774. The fourth-order valence-corrected chi connectivity index (χ4v) is 0.941. The predicted molar refractivity (Wildman–Crippen MR) is 49.3 cm³/mol. The SMILES string of the molecule is Nc1ccc(C(=O)O)cc1OCCF. The van der Waals surface area contributed by atoms with E-state index in [0.29, 0.717) is 5.69 Å². The molecule has 0 spiro atoms. The summed E-state index contributed by atoms with van der Waals surface area (Å²) in [5, 5.41) is 8.66. The predicted octanol–water partition coefficient (Wildman–Crippen LogP) is 1.32. The first-order chi connectivity index (χ1) is 6.65. The van der Waals surface area contributed by atoms with Crippen molar-refractivity contribution in [3.05, 3.63) is 23.8 Å². The van der Waals surface area contributed by atoms with E-state index in [0.717, 1.165) is 0 Å². The Hall–Kier alpha value is -1.78. The molecule has 0 saturated carbocycles. The average molecular weight is 199 g/mol. The van der Waals surface area contributed by atoms with Crippen LogP contribution in [-0.2, 0) is 0 Å². The van der Waals surface area contributed by atoms with Crippen LogP contribution >= 0.6 is 0 Å². The molecular formula is C9H10FNO3. The summed E-state index contributed by atoms with van der Waals surface area (Å²) in [6, 6.07) is 4.05. The standard InChI is InChI=1S/C9H10FNO3/c10-3-4-14-8-5-6(9(12)13)1-2-7(8)11/h1-2,5H,3-4,11H2,(H,12,13). The van der Waals surface area contributed by atoms with Crippen LogP contribution in [0.25, 0.3) is 0 Å². The number of rotatable bonds is 4. The second-order valence-corrected chi connectivity index (χ2v) is 2.60. The number of nitrogen functional groups attached to an aromatic ring is 1. The number of aromatic carboxylic acids is 1. The van der Waals surface area contributed by atoms with Gasteiger partial charge in [-0.05, 0) is 18.2 Å².